The molecule has 1 aliphatic carbocycles. The van der Waals surface area contributed by atoms with Crippen molar-refractivity contribution in [3.05, 3.63) is 40.7 Å². The summed E-state index contributed by atoms with van der Waals surface area (Å²) in [4.78, 5) is 10.9. The minimum atomic E-state index is -0.901. The number of carboxylic acid groups (broad SMARTS) is 1. The Bertz CT molecular complexity index is 461. The van der Waals surface area contributed by atoms with Crippen molar-refractivity contribution in [2.75, 3.05) is 0 Å². The molecule has 0 amide bonds. The maximum absolute atomic E-state index is 13.4. The topological polar surface area (TPSA) is 37.3 Å². The number of benzene rings is 1. The largest absolute Gasteiger partial charge is 0.478 e. The normalized spacial score (nSPS) is 15.1. The third kappa shape index (κ3) is 1.54. The van der Waals surface area contributed by atoms with Crippen LogP contribution < -0.4 is 0 Å². The zero-order chi connectivity index (χ0) is 11.0. The molecule has 1 aliphatic rings. The molecule has 1 N–H and O–H groups in total. The summed E-state index contributed by atoms with van der Waals surface area (Å²) < 4.78 is 13.4. The molecule has 2 rings (SSSR count). The molecule has 1 aromatic carbocycles. The summed E-state index contributed by atoms with van der Waals surface area (Å²) in [6.45, 7) is 1.74. The minimum absolute atomic E-state index is 0.240. The molecule has 0 spiro atoms. The predicted octanol–water partition coefficient (Wildman–Crippen LogP) is 2.63. The first kappa shape index (κ1) is 9.90. The number of carboxylic acids is 1. The van der Waals surface area contributed by atoms with Gasteiger partial charge in [-0.1, -0.05) is 12.1 Å². The molecular weight excluding hydrogens is 195 g/mol. The molecule has 0 saturated carbocycles. The van der Waals surface area contributed by atoms with E-state index in [9.17, 15) is 9.18 Å². The third-order valence-corrected chi connectivity index (χ3v) is 2.86. The average molecular weight is 206 g/mol. The van der Waals surface area contributed by atoms with Gasteiger partial charge in [-0.3, -0.25) is 0 Å². The van der Waals surface area contributed by atoms with Crippen LogP contribution in [0.25, 0.3) is 5.57 Å². The van der Waals surface area contributed by atoms with Crippen molar-refractivity contribution >= 4 is 11.5 Å². The van der Waals surface area contributed by atoms with E-state index in [-0.39, 0.29) is 5.82 Å². The van der Waals surface area contributed by atoms with Gasteiger partial charge in [-0.05, 0) is 42.5 Å². The molecule has 0 aromatic heterocycles. The summed E-state index contributed by atoms with van der Waals surface area (Å²) >= 11 is 0. The number of halogens is 1. The van der Waals surface area contributed by atoms with Crippen molar-refractivity contribution < 1.29 is 14.3 Å². The Morgan fingerprint density at radius 1 is 1.40 bits per heavy atom. The zero-order valence-corrected chi connectivity index (χ0v) is 8.38. The molecule has 0 fully saturated rings. The second-order valence-electron chi connectivity index (χ2n) is 3.67. The van der Waals surface area contributed by atoms with E-state index in [0.717, 1.165) is 5.56 Å². The van der Waals surface area contributed by atoms with Gasteiger partial charge in [-0.2, -0.15) is 0 Å². The highest BCUT2D eigenvalue weighted by Gasteiger charge is 2.22. The fourth-order valence-corrected chi connectivity index (χ4v) is 2.03. The van der Waals surface area contributed by atoms with Crippen LogP contribution in [0.1, 0.15) is 24.5 Å². The van der Waals surface area contributed by atoms with Crippen molar-refractivity contribution in [3.8, 4) is 0 Å². The number of hydrogen-bond donors (Lipinski definition) is 1. The predicted molar refractivity (Wildman–Crippen MR) is 55.0 cm³/mol. The van der Waals surface area contributed by atoms with Crippen LogP contribution in [0.5, 0.6) is 0 Å². The van der Waals surface area contributed by atoms with Crippen molar-refractivity contribution in [3.63, 3.8) is 0 Å². The Kier molecular flexibility index (Phi) is 2.31. The quantitative estimate of drug-likeness (QED) is 0.766. The highest BCUT2D eigenvalue weighted by Crippen LogP contribution is 2.32. The smallest absolute Gasteiger partial charge is 0.331 e. The first-order chi connectivity index (χ1) is 7.11. The number of carbonyl (C=O) groups is 1. The molecule has 0 bridgehead atoms. The molecule has 0 radical (unpaired) electrons. The number of fused-ring (bicyclic) bond motifs is 1. The van der Waals surface area contributed by atoms with Crippen LogP contribution in [0.2, 0.25) is 0 Å². The van der Waals surface area contributed by atoms with Crippen LogP contribution in [0.3, 0.4) is 0 Å². The van der Waals surface area contributed by atoms with Crippen LogP contribution in [0, 0.1) is 5.82 Å². The Morgan fingerprint density at radius 3 is 2.80 bits per heavy atom. The second kappa shape index (κ2) is 3.50. The summed E-state index contributed by atoms with van der Waals surface area (Å²) in [6.07, 6.45) is 0.885. The summed E-state index contributed by atoms with van der Waals surface area (Å²) in [6, 6.07) is 4.80. The molecule has 3 heteroatoms. The van der Waals surface area contributed by atoms with E-state index in [1.54, 1.807) is 19.1 Å². The molecule has 15 heavy (non-hydrogen) atoms. The highest BCUT2D eigenvalue weighted by molar-refractivity contribution is 5.97. The first-order valence-corrected chi connectivity index (χ1v) is 4.82. The molecule has 0 heterocycles. The summed E-state index contributed by atoms with van der Waals surface area (Å²) in [7, 11) is 0. The third-order valence-electron chi connectivity index (χ3n) is 2.86. The van der Waals surface area contributed by atoms with Gasteiger partial charge < -0.3 is 5.11 Å². The van der Waals surface area contributed by atoms with E-state index in [0.29, 0.717) is 29.6 Å². The van der Waals surface area contributed by atoms with Crippen molar-refractivity contribution in [1.29, 1.82) is 0 Å². The lowest BCUT2D eigenvalue weighted by Crippen LogP contribution is -2.11. The van der Waals surface area contributed by atoms with Gasteiger partial charge in [0, 0.05) is 5.57 Å². The summed E-state index contributed by atoms with van der Waals surface area (Å²) in [5, 5.41) is 8.95. The molecule has 78 valence electrons. The van der Waals surface area contributed by atoms with Crippen LogP contribution in [0.4, 0.5) is 4.39 Å². The second-order valence-corrected chi connectivity index (χ2v) is 3.67. The maximum Gasteiger partial charge on any atom is 0.331 e. The number of aliphatic carboxylic acids is 1. The van der Waals surface area contributed by atoms with E-state index < -0.39 is 5.97 Å². The van der Waals surface area contributed by atoms with E-state index in [1.165, 1.54) is 6.07 Å². The summed E-state index contributed by atoms with van der Waals surface area (Å²) in [5.41, 5.74) is 2.45. The van der Waals surface area contributed by atoms with Crippen molar-refractivity contribution in [2.45, 2.75) is 19.8 Å². The molecule has 1 aromatic rings. The Balaban J connectivity index is 2.62. The molecule has 0 unspecified atom stereocenters. The van der Waals surface area contributed by atoms with Gasteiger partial charge in [0.1, 0.15) is 5.82 Å². The van der Waals surface area contributed by atoms with E-state index in [1.807, 2.05) is 0 Å². The minimum Gasteiger partial charge on any atom is -0.478 e. The lowest BCUT2D eigenvalue weighted by molar-refractivity contribution is -0.132. The fourth-order valence-electron chi connectivity index (χ4n) is 2.03. The van der Waals surface area contributed by atoms with E-state index in [2.05, 4.69) is 0 Å². The van der Waals surface area contributed by atoms with Gasteiger partial charge in [-0.25, -0.2) is 9.18 Å². The SMILES string of the molecule is CC1=C(C(=O)O)CCc2c(F)cccc21. The van der Waals surface area contributed by atoms with E-state index >= 15 is 0 Å². The van der Waals surface area contributed by atoms with Crippen molar-refractivity contribution in [1.82, 2.24) is 0 Å². The van der Waals surface area contributed by atoms with Crippen LogP contribution in [-0.4, -0.2) is 11.1 Å². The monoisotopic (exact) mass is 206 g/mol. The highest BCUT2D eigenvalue weighted by atomic mass is 19.1. The maximum atomic E-state index is 13.4. The van der Waals surface area contributed by atoms with Gasteiger partial charge in [0.05, 0.1) is 0 Å². The van der Waals surface area contributed by atoms with E-state index in [4.69, 9.17) is 5.11 Å². The average Bonchev–Trinajstić information content (AvgIpc) is 2.19. The van der Waals surface area contributed by atoms with Gasteiger partial charge >= 0.3 is 5.97 Å². The van der Waals surface area contributed by atoms with Gasteiger partial charge in [0.25, 0.3) is 0 Å². The van der Waals surface area contributed by atoms with Crippen LogP contribution >= 0.6 is 0 Å². The molecule has 0 aliphatic heterocycles. The number of allylic oxidation sites excluding steroid dienone is 1. The van der Waals surface area contributed by atoms with Crippen LogP contribution in [-0.2, 0) is 11.2 Å². The molecule has 2 nitrogen and oxygen atoms in total. The Labute approximate surface area is 87.0 Å². The summed E-state index contributed by atoms with van der Waals surface area (Å²) in [5.74, 6) is -1.14. The van der Waals surface area contributed by atoms with Gasteiger partial charge in [-0.15, -0.1) is 0 Å². The van der Waals surface area contributed by atoms with Crippen molar-refractivity contribution in [2.24, 2.45) is 0 Å². The Hall–Kier alpha value is -1.64. The van der Waals surface area contributed by atoms with Crippen LogP contribution in [0.15, 0.2) is 23.8 Å². The lowest BCUT2D eigenvalue weighted by Gasteiger charge is -2.19. The lowest BCUT2D eigenvalue weighted by atomic mass is 9.86. The number of rotatable bonds is 1. The standard InChI is InChI=1S/C12H11FO2/c1-7-8-3-2-4-11(13)10(8)6-5-9(7)12(14)15/h2-4H,5-6H2,1H3,(H,14,15). The molecule has 0 atom stereocenters. The fraction of sp³-hybridized carbons (Fsp3) is 0.250. The Morgan fingerprint density at radius 2 is 2.13 bits per heavy atom. The van der Waals surface area contributed by atoms with Gasteiger partial charge in [0.2, 0.25) is 0 Å². The molecule has 0 saturated heterocycles. The number of hydrogen-bond acceptors (Lipinski definition) is 1. The zero-order valence-electron chi connectivity index (χ0n) is 8.38. The molecular formula is C12H11FO2. The van der Waals surface area contributed by atoms with Gasteiger partial charge in [0.15, 0.2) is 0 Å². The first-order valence-electron chi connectivity index (χ1n) is 4.82.